The average Bonchev–Trinajstić information content (AvgIpc) is 2.41. The monoisotopic (exact) mass is 316 g/mol. The van der Waals surface area contributed by atoms with Gasteiger partial charge in [0.25, 0.3) is 0 Å². The summed E-state index contributed by atoms with van der Waals surface area (Å²) in [5, 5.41) is 12.5. The van der Waals surface area contributed by atoms with E-state index in [1.165, 1.54) is 0 Å². The number of benzene rings is 1. The molecule has 4 nitrogen and oxygen atoms in total. The number of anilines is 3. The molecule has 2 rings (SSSR count). The summed E-state index contributed by atoms with van der Waals surface area (Å²) in [6, 6.07) is 11.7. The third-order valence-electron chi connectivity index (χ3n) is 2.63. The lowest BCUT2D eigenvalue weighted by Crippen LogP contribution is -2.12. The molecule has 0 fully saturated rings. The molecule has 0 spiro atoms. The van der Waals surface area contributed by atoms with Crippen LogP contribution < -0.4 is 10.2 Å². The molecule has 0 saturated heterocycles. The van der Waals surface area contributed by atoms with E-state index in [9.17, 15) is 5.26 Å². The van der Waals surface area contributed by atoms with E-state index in [0.29, 0.717) is 11.4 Å². The van der Waals surface area contributed by atoms with Gasteiger partial charge in [-0.1, -0.05) is 15.9 Å². The van der Waals surface area contributed by atoms with Crippen LogP contribution in [-0.4, -0.2) is 19.1 Å². The fourth-order valence-electron chi connectivity index (χ4n) is 1.70. The summed E-state index contributed by atoms with van der Waals surface area (Å²) in [7, 11) is 3.80. The van der Waals surface area contributed by atoms with Crippen molar-refractivity contribution in [3.63, 3.8) is 0 Å². The molecule has 0 radical (unpaired) electrons. The lowest BCUT2D eigenvalue weighted by Gasteiger charge is -2.16. The zero-order valence-electron chi connectivity index (χ0n) is 10.7. The third-order valence-corrected chi connectivity index (χ3v) is 3.16. The number of nitrogens with zero attached hydrogens (tertiary/aromatic N) is 3. The van der Waals surface area contributed by atoms with E-state index in [2.05, 4.69) is 32.3 Å². The summed E-state index contributed by atoms with van der Waals surface area (Å²) in [6.45, 7) is 0. The number of aromatic nitrogens is 1. The van der Waals surface area contributed by atoms with E-state index < -0.39 is 0 Å². The van der Waals surface area contributed by atoms with Crippen LogP contribution in [-0.2, 0) is 0 Å². The van der Waals surface area contributed by atoms with Crippen molar-refractivity contribution >= 4 is 33.1 Å². The summed E-state index contributed by atoms with van der Waals surface area (Å²) in [4.78, 5) is 6.13. The fraction of sp³-hybridized carbons (Fsp3) is 0.143. The topological polar surface area (TPSA) is 52.0 Å². The number of rotatable bonds is 3. The molecule has 96 valence electrons. The Hall–Kier alpha value is -2.06. The van der Waals surface area contributed by atoms with Crippen LogP contribution in [0.25, 0.3) is 0 Å². The predicted molar refractivity (Wildman–Crippen MR) is 80.7 cm³/mol. The number of hydrogen-bond donors (Lipinski definition) is 1. The van der Waals surface area contributed by atoms with Gasteiger partial charge in [-0.05, 0) is 30.3 Å². The maximum Gasteiger partial charge on any atom is 0.150 e. The summed E-state index contributed by atoms with van der Waals surface area (Å²) in [5.41, 5.74) is 2.27. The quantitative estimate of drug-likeness (QED) is 0.941. The van der Waals surface area contributed by atoms with Crippen molar-refractivity contribution in [2.24, 2.45) is 0 Å². The second-order valence-corrected chi connectivity index (χ2v) is 5.11. The summed E-state index contributed by atoms with van der Waals surface area (Å²) in [6.07, 6.45) is 1.69. The van der Waals surface area contributed by atoms with Crippen LogP contribution >= 0.6 is 15.9 Å². The molecule has 0 aliphatic carbocycles. The van der Waals surface area contributed by atoms with Gasteiger partial charge in [-0.2, -0.15) is 5.26 Å². The average molecular weight is 317 g/mol. The smallest absolute Gasteiger partial charge is 0.150 e. The van der Waals surface area contributed by atoms with Crippen LogP contribution in [0.5, 0.6) is 0 Å². The zero-order chi connectivity index (χ0) is 13.8. The fourth-order valence-corrected chi connectivity index (χ4v) is 1.96. The van der Waals surface area contributed by atoms with Gasteiger partial charge in [-0.25, -0.2) is 4.98 Å². The Balaban J connectivity index is 2.38. The number of pyridine rings is 1. The highest BCUT2D eigenvalue weighted by Crippen LogP contribution is 2.26. The Bertz CT molecular complexity index is 614. The molecule has 1 aromatic carbocycles. The van der Waals surface area contributed by atoms with Crippen LogP contribution in [0.4, 0.5) is 17.2 Å². The van der Waals surface area contributed by atoms with Crippen molar-refractivity contribution in [3.8, 4) is 6.07 Å². The van der Waals surface area contributed by atoms with Crippen molar-refractivity contribution in [3.05, 3.63) is 46.6 Å². The third kappa shape index (κ3) is 3.04. The highest BCUT2D eigenvalue weighted by Gasteiger charge is 2.11. The molecule has 0 atom stereocenters. The molecule has 1 N–H and O–H groups in total. The minimum Gasteiger partial charge on any atom is -0.376 e. The summed E-state index contributed by atoms with van der Waals surface area (Å²) < 4.78 is 1.01. The van der Waals surface area contributed by atoms with E-state index in [0.717, 1.165) is 15.8 Å². The molecule has 0 unspecified atom stereocenters. The molecular formula is C14H13BrN4. The van der Waals surface area contributed by atoms with Crippen LogP contribution in [0.3, 0.4) is 0 Å². The summed E-state index contributed by atoms with van der Waals surface area (Å²) in [5.74, 6) is 0.566. The lowest BCUT2D eigenvalue weighted by molar-refractivity contribution is 1.11. The number of hydrogen-bond acceptors (Lipinski definition) is 4. The van der Waals surface area contributed by atoms with Crippen molar-refractivity contribution in [1.29, 1.82) is 5.26 Å². The SMILES string of the molecule is CN(C)c1ccnc(Nc2ccc(Br)cc2)c1C#N. The van der Waals surface area contributed by atoms with Gasteiger partial charge in [-0.15, -0.1) is 0 Å². The van der Waals surface area contributed by atoms with E-state index >= 15 is 0 Å². The molecule has 19 heavy (non-hydrogen) atoms. The van der Waals surface area contributed by atoms with Crippen LogP contribution in [0.1, 0.15) is 5.56 Å². The Morgan fingerprint density at radius 3 is 2.47 bits per heavy atom. The molecular weight excluding hydrogens is 304 g/mol. The van der Waals surface area contributed by atoms with Crippen molar-refractivity contribution in [2.75, 3.05) is 24.3 Å². The molecule has 1 aromatic heterocycles. The number of nitrogens with one attached hydrogen (secondary N) is 1. The second kappa shape index (κ2) is 5.72. The first kappa shape index (κ1) is 13.4. The first-order chi connectivity index (χ1) is 9.11. The van der Waals surface area contributed by atoms with Crippen molar-refractivity contribution < 1.29 is 0 Å². The van der Waals surface area contributed by atoms with Crippen molar-refractivity contribution in [2.45, 2.75) is 0 Å². The van der Waals surface area contributed by atoms with Gasteiger partial charge < -0.3 is 10.2 Å². The second-order valence-electron chi connectivity index (χ2n) is 4.19. The Labute approximate surface area is 120 Å². The number of nitriles is 1. The minimum atomic E-state index is 0.537. The molecule has 5 heteroatoms. The standard InChI is InChI=1S/C14H13BrN4/c1-19(2)13-7-8-17-14(12(13)9-16)18-11-5-3-10(15)4-6-11/h3-8H,1-2H3,(H,17,18). The van der Waals surface area contributed by atoms with E-state index in [4.69, 9.17) is 0 Å². The van der Waals surface area contributed by atoms with E-state index in [1.807, 2.05) is 49.3 Å². The van der Waals surface area contributed by atoms with Crippen LogP contribution in [0.2, 0.25) is 0 Å². The maximum absolute atomic E-state index is 9.31. The lowest BCUT2D eigenvalue weighted by atomic mass is 10.2. The van der Waals surface area contributed by atoms with Crippen molar-refractivity contribution in [1.82, 2.24) is 4.98 Å². The van der Waals surface area contributed by atoms with Gasteiger partial charge in [-0.3, -0.25) is 0 Å². The van der Waals surface area contributed by atoms with Crippen LogP contribution in [0.15, 0.2) is 41.0 Å². The Kier molecular flexibility index (Phi) is 4.03. The predicted octanol–water partition coefficient (Wildman–Crippen LogP) is 3.53. The van der Waals surface area contributed by atoms with Gasteiger partial charge in [0.15, 0.2) is 0 Å². The normalized spacial score (nSPS) is 9.79. The largest absolute Gasteiger partial charge is 0.376 e. The first-order valence-corrected chi connectivity index (χ1v) is 6.50. The maximum atomic E-state index is 9.31. The van der Waals surface area contributed by atoms with Gasteiger partial charge in [0, 0.05) is 30.5 Å². The van der Waals surface area contributed by atoms with Gasteiger partial charge in [0.1, 0.15) is 17.5 Å². The molecule has 1 heterocycles. The molecule has 0 amide bonds. The van der Waals surface area contributed by atoms with Crippen LogP contribution in [0, 0.1) is 11.3 Å². The molecule has 2 aromatic rings. The zero-order valence-corrected chi connectivity index (χ0v) is 12.3. The first-order valence-electron chi connectivity index (χ1n) is 5.71. The Morgan fingerprint density at radius 1 is 1.21 bits per heavy atom. The molecule has 0 bridgehead atoms. The van der Waals surface area contributed by atoms with Gasteiger partial charge in [0.2, 0.25) is 0 Å². The molecule has 0 aliphatic heterocycles. The van der Waals surface area contributed by atoms with Gasteiger partial charge >= 0.3 is 0 Å². The summed E-state index contributed by atoms with van der Waals surface area (Å²) >= 11 is 3.39. The molecule has 0 aliphatic rings. The Morgan fingerprint density at radius 2 is 1.89 bits per heavy atom. The molecule has 0 saturated carbocycles. The van der Waals surface area contributed by atoms with Gasteiger partial charge in [0.05, 0.1) is 5.69 Å². The number of halogens is 1. The van der Waals surface area contributed by atoms with E-state index in [1.54, 1.807) is 6.20 Å². The van der Waals surface area contributed by atoms with E-state index in [-0.39, 0.29) is 0 Å². The highest BCUT2D eigenvalue weighted by molar-refractivity contribution is 9.10. The highest BCUT2D eigenvalue weighted by atomic mass is 79.9. The minimum absolute atomic E-state index is 0.537.